The third-order valence-corrected chi connectivity index (χ3v) is 4.14. The predicted octanol–water partition coefficient (Wildman–Crippen LogP) is 2.82. The largest absolute Gasteiger partial charge is 0.476 e. The van der Waals surface area contributed by atoms with Crippen molar-refractivity contribution in [3.63, 3.8) is 0 Å². The number of pyridine rings is 1. The van der Waals surface area contributed by atoms with Crippen molar-refractivity contribution in [2.45, 2.75) is 20.0 Å². The molecule has 174 valence electrons. The number of nitrogens with one attached hydrogen (secondary N) is 3. The number of carbonyl (C=O) groups is 1. The second-order valence-corrected chi connectivity index (χ2v) is 6.73. The minimum absolute atomic E-state index is 0.0320. The van der Waals surface area contributed by atoms with Crippen LogP contribution in [0.4, 0.5) is 36.4 Å². The first kappa shape index (κ1) is 24.8. The number of anilines is 4. The number of aliphatic carboxylic acids is 1. The molecule has 0 aliphatic heterocycles. The molecule has 2 heterocycles. The van der Waals surface area contributed by atoms with E-state index in [1.165, 1.54) is 0 Å². The Balaban J connectivity index is 2.44. The molecule has 10 nitrogen and oxygen atoms in total. The Hall–Kier alpha value is -3.48. The third kappa shape index (κ3) is 7.04. The summed E-state index contributed by atoms with van der Waals surface area (Å²) in [4.78, 5) is 25.9. The number of halogens is 3. The van der Waals surface area contributed by atoms with Crippen molar-refractivity contribution >= 4 is 35.0 Å². The number of aryl methyl sites for hydroxylation is 1. The Kier molecular flexibility index (Phi) is 8.29. The number of hydrogen-bond donors (Lipinski definition) is 4. The first-order chi connectivity index (χ1) is 15.0. The lowest BCUT2D eigenvalue weighted by molar-refractivity contribution is -0.172. The molecule has 0 saturated carbocycles. The zero-order chi connectivity index (χ0) is 23.9. The van der Waals surface area contributed by atoms with Crippen molar-refractivity contribution in [2.75, 3.05) is 48.9 Å². The van der Waals surface area contributed by atoms with Crippen LogP contribution in [-0.4, -0.2) is 71.3 Å². The molecule has 0 atom stereocenters. The highest BCUT2D eigenvalue weighted by Gasteiger charge is 2.27. The van der Waals surface area contributed by atoms with Crippen LogP contribution in [0, 0.1) is 12.3 Å². The molecular weight excluding hydrogens is 431 g/mol. The number of ether oxygens (including phenoxy) is 1. The van der Waals surface area contributed by atoms with Crippen LogP contribution >= 0.6 is 0 Å². The molecule has 0 aromatic carbocycles. The molecule has 0 unspecified atom stereocenters. The summed E-state index contributed by atoms with van der Waals surface area (Å²) in [5, 5.41) is 23.1. The summed E-state index contributed by atoms with van der Waals surface area (Å²) in [6.45, 7) is 2.34. The molecule has 0 aliphatic carbocycles. The van der Waals surface area contributed by atoms with Gasteiger partial charge in [-0.05, 0) is 31.5 Å². The van der Waals surface area contributed by atoms with Gasteiger partial charge in [0.05, 0.1) is 6.61 Å². The fourth-order valence-electron chi connectivity index (χ4n) is 2.46. The van der Waals surface area contributed by atoms with Gasteiger partial charge in [0.25, 0.3) is 0 Å². The highest BCUT2D eigenvalue weighted by molar-refractivity contribution is 6.42. The van der Waals surface area contributed by atoms with Gasteiger partial charge in [0, 0.05) is 26.3 Å². The molecule has 2 aromatic rings. The van der Waals surface area contributed by atoms with E-state index < -0.39 is 24.5 Å². The number of alkyl halides is 3. The van der Waals surface area contributed by atoms with E-state index >= 15 is 0 Å². The van der Waals surface area contributed by atoms with Crippen LogP contribution in [0.3, 0.4) is 0 Å². The first-order valence-electron chi connectivity index (χ1n) is 9.55. The molecule has 0 radical (unpaired) electrons. The molecule has 2 aromatic heterocycles. The fourth-order valence-corrected chi connectivity index (χ4v) is 2.46. The van der Waals surface area contributed by atoms with Gasteiger partial charge in [0.15, 0.2) is 11.5 Å². The zero-order valence-electron chi connectivity index (χ0n) is 17.7. The molecule has 0 saturated heterocycles. The van der Waals surface area contributed by atoms with E-state index in [0.29, 0.717) is 12.4 Å². The molecule has 0 aliphatic rings. The summed E-state index contributed by atoms with van der Waals surface area (Å²) in [5.74, 6) is -0.851. The van der Waals surface area contributed by atoms with Crippen molar-refractivity contribution < 1.29 is 27.8 Å². The van der Waals surface area contributed by atoms with Crippen LogP contribution in [0.2, 0.25) is 0 Å². The van der Waals surface area contributed by atoms with Gasteiger partial charge in [0.1, 0.15) is 23.8 Å². The topological polar surface area (TPSA) is 136 Å². The van der Waals surface area contributed by atoms with Crippen molar-refractivity contribution in [3.8, 4) is 0 Å². The van der Waals surface area contributed by atoms with E-state index in [1.807, 2.05) is 13.8 Å². The molecule has 0 spiro atoms. The van der Waals surface area contributed by atoms with Crippen LogP contribution < -0.4 is 15.5 Å². The van der Waals surface area contributed by atoms with Crippen LogP contribution in [-0.2, 0) is 9.53 Å². The number of nitrogens with zero attached hydrogens (tertiary/aromatic N) is 4. The minimum Gasteiger partial charge on any atom is -0.476 e. The summed E-state index contributed by atoms with van der Waals surface area (Å²) in [7, 11) is 1.69. The highest BCUT2D eigenvalue weighted by atomic mass is 19.4. The normalized spacial score (nSPS) is 11.2. The Bertz CT molecular complexity index is 970. The first-order valence-corrected chi connectivity index (χ1v) is 9.55. The second-order valence-electron chi connectivity index (χ2n) is 6.73. The number of hydrogen-bond acceptors (Lipinski definition) is 9. The van der Waals surface area contributed by atoms with Crippen LogP contribution in [0.5, 0.6) is 0 Å². The lowest BCUT2D eigenvalue weighted by Gasteiger charge is -2.21. The van der Waals surface area contributed by atoms with Gasteiger partial charge in [-0.25, -0.2) is 14.8 Å². The maximum atomic E-state index is 12.3. The quantitative estimate of drug-likeness (QED) is 0.298. The standard InChI is InChI=1S/C19H24F3N7O3/c1-4-29(3)18-27-14(13(23)17(30)31)15(25-7-8-32-10-19(20,21)22)16(28-18)26-12-9-11(2)5-6-24-12/h5-6,9,23,25H,4,7-8,10H2,1-3H3,(H,30,31)(H,24,26,27,28). The van der Waals surface area contributed by atoms with Gasteiger partial charge in [-0.15, -0.1) is 0 Å². The molecule has 0 amide bonds. The zero-order valence-corrected chi connectivity index (χ0v) is 17.7. The highest BCUT2D eigenvalue weighted by Crippen LogP contribution is 2.29. The number of carboxylic acid groups (broad SMARTS) is 1. The van der Waals surface area contributed by atoms with Gasteiger partial charge >= 0.3 is 12.1 Å². The van der Waals surface area contributed by atoms with Gasteiger partial charge in [-0.3, -0.25) is 5.41 Å². The molecule has 0 fully saturated rings. The van der Waals surface area contributed by atoms with E-state index in [0.717, 1.165) is 5.56 Å². The van der Waals surface area contributed by atoms with Crippen molar-refractivity contribution in [3.05, 3.63) is 29.6 Å². The van der Waals surface area contributed by atoms with Gasteiger partial charge in [-0.1, -0.05) is 0 Å². The Morgan fingerprint density at radius 3 is 2.66 bits per heavy atom. The molecule has 13 heteroatoms. The third-order valence-electron chi connectivity index (χ3n) is 4.14. The number of aromatic nitrogens is 3. The summed E-state index contributed by atoms with van der Waals surface area (Å²) < 4.78 is 41.4. The average molecular weight is 455 g/mol. The van der Waals surface area contributed by atoms with E-state index in [9.17, 15) is 23.1 Å². The minimum atomic E-state index is -4.46. The number of carboxylic acids is 1. The van der Waals surface area contributed by atoms with Crippen LogP contribution in [0.1, 0.15) is 18.2 Å². The van der Waals surface area contributed by atoms with Gasteiger partial charge < -0.3 is 25.4 Å². The van der Waals surface area contributed by atoms with Crippen LogP contribution in [0.25, 0.3) is 0 Å². The summed E-state index contributed by atoms with van der Waals surface area (Å²) >= 11 is 0. The molecule has 2 rings (SSSR count). The fraction of sp³-hybridized carbons (Fsp3) is 0.421. The lowest BCUT2D eigenvalue weighted by atomic mass is 10.2. The van der Waals surface area contributed by atoms with E-state index in [-0.39, 0.29) is 36.3 Å². The maximum Gasteiger partial charge on any atom is 0.411 e. The Labute approximate surface area is 182 Å². The molecule has 0 bridgehead atoms. The summed E-state index contributed by atoms with van der Waals surface area (Å²) in [6, 6.07) is 3.51. The number of rotatable bonds is 11. The maximum absolute atomic E-state index is 12.3. The van der Waals surface area contributed by atoms with Gasteiger partial charge in [0.2, 0.25) is 5.95 Å². The smallest absolute Gasteiger partial charge is 0.411 e. The molecule has 4 N–H and O–H groups in total. The van der Waals surface area contributed by atoms with Crippen molar-refractivity contribution in [2.24, 2.45) is 0 Å². The van der Waals surface area contributed by atoms with Gasteiger partial charge in [-0.2, -0.15) is 18.2 Å². The summed E-state index contributed by atoms with van der Waals surface area (Å²) in [5.41, 5.74) is -0.105. The summed E-state index contributed by atoms with van der Waals surface area (Å²) in [6.07, 6.45) is -2.90. The van der Waals surface area contributed by atoms with E-state index in [2.05, 4.69) is 30.3 Å². The van der Waals surface area contributed by atoms with Crippen molar-refractivity contribution in [1.29, 1.82) is 5.41 Å². The molecule has 32 heavy (non-hydrogen) atoms. The van der Waals surface area contributed by atoms with E-state index in [1.54, 1.807) is 30.3 Å². The van der Waals surface area contributed by atoms with E-state index in [4.69, 9.17) is 5.41 Å². The monoisotopic (exact) mass is 455 g/mol. The Morgan fingerprint density at radius 1 is 1.34 bits per heavy atom. The Morgan fingerprint density at radius 2 is 2.06 bits per heavy atom. The average Bonchev–Trinajstić information content (AvgIpc) is 2.72. The lowest BCUT2D eigenvalue weighted by Crippen LogP contribution is -2.25. The second kappa shape index (κ2) is 10.7. The molecular formula is C19H24F3N7O3. The SMILES string of the molecule is CCN(C)c1nc(Nc2cc(C)ccn2)c(NCCOCC(F)(F)F)c(C(=N)C(=O)O)n1. The predicted molar refractivity (Wildman–Crippen MR) is 113 cm³/mol. The van der Waals surface area contributed by atoms with Crippen LogP contribution in [0.15, 0.2) is 18.3 Å². The van der Waals surface area contributed by atoms with Crippen molar-refractivity contribution in [1.82, 2.24) is 15.0 Å².